The molecule has 1 aliphatic rings. The van der Waals surface area contributed by atoms with Crippen LogP contribution in [0.25, 0.3) is 0 Å². The molecule has 0 N–H and O–H groups in total. The molecule has 2 atom stereocenters. The zero-order valence-electron chi connectivity index (χ0n) is 18.1. The fraction of sp³-hybridized carbons (Fsp3) is 0.731. The molecular formula is C26H41NO. The molecule has 2 unspecified atom stereocenters. The standard InChI is InChI=1S/C26H41NO/c1-2-3-4-5-6-7-8-9-13-24-14-10-11-15-25(24)16-12-21-28-26-19-17-23(22-27)18-20-26/h17-20,24-25H,2-16,21H2,1H3. The van der Waals surface area contributed by atoms with E-state index in [9.17, 15) is 0 Å². The van der Waals surface area contributed by atoms with E-state index >= 15 is 0 Å². The van der Waals surface area contributed by atoms with Gasteiger partial charge in [-0.3, -0.25) is 0 Å². The van der Waals surface area contributed by atoms with Crippen LogP contribution in [0.1, 0.15) is 109 Å². The van der Waals surface area contributed by atoms with Crippen molar-refractivity contribution < 1.29 is 4.74 Å². The van der Waals surface area contributed by atoms with Crippen LogP contribution in [0.5, 0.6) is 5.75 Å². The van der Waals surface area contributed by atoms with Crippen LogP contribution >= 0.6 is 0 Å². The van der Waals surface area contributed by atoms with Crippen molar-refractivity contribution in [1.82, 2.24) is 0 Å². The third-order valence-corrected chi connectivity index (χ3v) is 6.47. The highest BCUT2D eigenvalue weighted by atomic mass is 16.5. The average Bonchev–Trinajstić information content (AvgIpc) is 2.74. The Morgan fingerprint density at radius 3 is 2.00 bits per heavy atom. The number of nitrogens with zero attached hydrogens (tertiary/aromatic N) is 1. The number of hydrogen-bond acceptors (Lipinski definition) is 2. The van der Waals surface area contributed by atoms with Crippen molar-refractivity contribution in [3.8, 4) is 11.8 Å². The van der Waals surface area contributed by atoms with Crippen molar-refractivity contribution in [1.29, 1.82) is 5.26 Å². The Labute approximate surface area is 173 Å². The number of rotatable bonds is 14. The van der Waals surface area contributed by atoms with Gasteiger partial charge in [0.1, 0.15) is 5.75 Å². The lowest BCUT2D eigenvalue weighted by molar-refractivity contribution is 0.190. The number of nitriles is 1. The molecule has 0 radical (unpaired) electrons. The third kappa shape index (κ3) is 9.13. The van der Waals surface area contributed by atoms with Crippen molar-refractivity contribution in [2.24, 2.45) is 11.8 Å². The Bertz CT molecular complexity index is 545. The minimum absolute atomic E-state index is 0.693. The largest absolute Gasteiger partial charge is 0.494 e. The Balaban J connectivity index is 1.56. The van der Waals surface area contributed by atoms with E-state index in [2.05, 4.69) is 13.0 Å². The van der Waals surface area contributed by atoms with E-state index in [1.54, 1.807) is 0 Å². The number of hydrogen-bond donors (Lipinski definition) is 0. The summed E-state index contributed by atoms with van der Waals surface area (Å²) in [6, 6.07) is 9.62. The molecule has 2 nitrogen and oxygen atoms in total. The summed E-state index contributed by atoms with van der Waals surface area (Å²) < 4.78 is 5.88. The van der Waals surface area contributed by atoms with Crippen molar-refractivity contribution in [2.45, 2.75) is 103 Å². The van der Waals surface area contributed by atoms with E-state index in [4.69, 9.17) is 10.00 Å². The highest BCUT2D eigenvalue weighted by molar-refractivity contribution is 5.34. The second-order valence-electron chi connectivity index (χ2n) is 8.70. The first kappa shape index (κ1) is 22.8. The van der Waals surface area contributed by atoms with Gasteiger partial charge in [0.05, 0.1) is 18.2 Å². The van der Waals surface area contributed by atoms with Gasteiger partial charge in [-0.05, 0) is 48.9 Å². The van der Waals surface area contributed by atoms with Gasteiger partial charge in [-0.25, -0.2) is 0 Å². The highest BCUT2D eigenvalue weighted by Gasteiger charge is 2.24. The van der Waals surface area contributed by atoms with Gasteiger partial charge in [-0.2, -0.15) is 5.26 Å². The summed E-state index contributed by atoms with van der Waals surface area (Å²) >= 11 is 0. The van der Waals surface area contributed by atoms with Crippen LogP contribution < -0.4 is 4.74 Å². The van der Waals surface area contributed by atoms with Crippen LogP contribution in [0, 0.1) is 23.2 Å². The monoisotopic (exact) mass is 383 g/mol. The van der Waals surface area contributed by atoms with E-state index in [1.165, 1.54) is 89.9 Å². The first-order valence-corrected chi connectivity index (χ1v) is 12.0. The van der Waals surface area contributed by atoms with Gasteiger partial charge >= 0.3 is 0 Å². The molecule has 156 valence electrons. The molecule has 0 spiro atoms. The smallest absolute Gasteiger partial charge is 0.119 e. The molecule has 1 aromatic carbocycles. The van der Waals surface area contributed by atoms with Crippen molar-refractivity contribution >= 4 is 0 Å². The summed E-state index contributed by atoms with van der Waals surface area (Å²) in [5.74, 6) is 2.77. The first-order valence-electron chi connectivity index (χ1n) is 12.0. The summed E-state index contributed by atoms with van der Waals surface area (Å²) in [7, 11) is 0. The van der Waals surface area contributed by atoms with Crippen LogP contribution in [0.2, 0.25) is 0 Å². The van der Waals surface area contributed by atoms with Crippen LogP contribution in [0.3, 0.4) is 0 Å². The lowest BCUT2D eigenvalue weighted by atomic mass is 9.74. The van der Waals surface area contributed by atoms with Gasteiger partial charge < -0.3 is 4.74 Å². The predicted molar refractivity (Wildman–Crippen MR) is 119 cm³/mol. The van der Waals surface area contributed by atoms with Crippen molar-refractivity contribution in [3.05, 3.63) is 29.8 Å². The zero-order chi connectivity index (χ0) is 19.9. The van der Waals surface area contributed by atoms with Gasteiger partial charge in [0.15, 0.2) is 0 Å². The molecule has 2 rings (SSSR count). The topological polar surface area (TPSA) is 33.0 Å². The predicted octanol–water partition coefficient (Wildman–Crippen LogP) is 8.05. The van der Waals surface area contributed by atoms with Gasteiger partial charge in [0.2, 0.25) is 0 Å². The second kappa shape index (κ2) is 14.5. The minimum atomic E-state index is 0.693. The second-order valence-corrected chi connectivity index (χ2v) is 8.70. The quantitative estimate of drug-likeness (QED) is 0.304. The Kier molecular flexibility index (Phi) is 11.8. The maximum absolute atomic E-state index is 8.86. The molecule has 1 aromatic rings. The average molecular weight is 384 g/mol. The number of unbranched alkanes of at least 4 members (excludes halogenated alkanes) is 7. The van der Waals surface area contributed by atoms with Crippen LogP contribution in [-0.4, -0.2) is 6.61 Å². The molecule has 0 heterocycles. The molecule has 0 saturated heterocycles. The van der Waals surface area contributed by atoms with Gasteiger partial charge in [-0.15, -0.1) is 0 Å². The fourth-order valence-electron chi connectivity index (χ4n) is 4.75. The van der Waals surface area contributed by atoms with E-state index in [0.29, 0.717) is 5.56 Å². The third-order valence-electron chi connectivity index (χ3n) is 6.47. The number of ether oxygens (including phenoxy) is 1. The highest BCUT2D eigenvalue weighted by Crippen LogP contribution is 2.36. The van der Waals surface area contributed by atoms with E-state index < -0.39 is 0 Å². The molecule has 0 aliphatic heterocycles. The van der Waals surface area contributed by atoms with E-state index in [0.717, 1.165) is 30.6 Å². The van der Waals surface area contributed by atoms with Crippen LogP contribution in [0.15, 0.2) is 24.3 Å². The lowest BCUT2D eigenvalue weighted by Crippen LogP contribution is -2.20. The molecule has 0 aromatic heterocycles. The summed E-state index contributed by atoms with van der Waals surface area (Å²) in [5.41, 5.74) is 0.693. The van der Waals surface area contributed by atoms with E-state index in [1.807, 2.05) is 24.3 Å². The molecule has 28 heavy (non-hydrogen) atoms. The molecule has 1 saturated carbocycles. The number of benzene rings is 1. The Morgan fingerprint density at radius 1 is 0.821 bits per heavy atom. The minimum Gasteiger partial charge on any atom is -0.494 e. The summed E-state index contributed by atoms with van der Waals surface area (Å²) in [6.45, 7) is 3.09. The maximum atomic E-state index is 8.86. The zero-order valence-corrected chi connectivity index (χ0v) is 18.1. The molecule has 1 aliphatic carbocycles. The molecule has 0 bridgehead atoms. The Morgan fingerprint density at radius 2 is 1.39 bits per heavy atom. The maximum Gasteiger partial charge on any atom is 0.119 e. The summed E-state index contributed by atoms with van der Waals surface area (Å²) in [5, 5.41) is 8.86. The van der Waals surface area contributed by atoms with Crippen molar-refractivity contribution in [2.75, 3.05) is 6.61 Å². The summed E-state index contributed by atoms with van der Waals surface area (Å²) in [4.78, 5) is 0. The van der Waals surface area contributed by atoms with Gasteiger partial charge in [0.25, 0.3) is 0 Å². The van der Waals surface area contributed by atoms with E-state index in [-0.39, 0.29) is 0 Å². The molecular weight excluding hydrogens is 342 g/mol. The van der Waals surface area contributed by atoms with Crippen LogP contribution in [-0.2, 0) is 0 Å². The fourth-order valence-corrected chi connectivity index (χ4v) is 4.75. The van der Waals surface area contributed by atoms with Crippen molar-refractivity contribution in [3.63, 3.8) is 0 Å². The molecule has 2 heteroatoms. The normalized spacial score (nSPS) is 19.3. The first-order chi connectivity index (χ1) is 13.8. The van der Waals surface area contributed by atoms with Gasteiger partial charge in [-0.1, -0.05) is 90.4 Å². The lowest BCUT2D eigenvalue weighted by Gasteiger charge is -2.32. The molecule has 1 fully saturated rings. The van der Waals surface area contributed by atoms with Crippen LogP contribution in [0.4, 0.5) is 0 Å². The summed E-state index contributed by atoms with van der Waals surface area (Å²) in [6.07, 6.45) is 21.1. The Hall–Kier alpha value is -1.49. The van der Waals surface area contributed by atoms with Gasteiger partial charge in [0, 0.05) is 0 Å². The SMILES string of the molecule is CCCCCCCCCCC1CCCCC1CCCOc1ccc(C#N)cc1. The molecule has 0 amide bonds.